The predicted molar refractivity (Wildman–Crippen MR) is 73.0 cm³/mol. The number of nitrogens with two attached hydrogens (primary N) is 1. The molecule has 0 fully saturated rings. The zero-order chi connectivity index (χ0) is 13.1. The van der Waals surface area contributed by atoms with Gasteiger partial charge in [0.05, 0.1) is 12.3 Å². The fourth-order valence-electron chi connectivity index (χ4n) is 2.03. The minimum Gasteiger partial charge on any atom is -0.471 e. The molecule has 100 valence electrons. The Balaban J connectivity index is 1.95. The van der Waals surface area contributed by atoms with Crippen LogP contribution in [0.25, 0.3) is 0 Å². The second kappa shape index (κ2) is 5.67. The van der Waals surface area contributed by atoms with Crippen LogP contribution < -0.4 is 10.5 Å². The van der Waals surface area contributed by atoms with Gasteiger partial charge in [0.2, 0.25) is 5.88 Å². The third-order valence-electron chi connectivity index (χ3n) is 3.00. The molecule has 0 amide bonds. The van der Waals surface area contributed by atoms with E-state index in [1.54, 1.807) is 0 Å². The van der Waals surface area contributed by atoms with Gasteiger partial charge in [-0.1, -0.05) is 13.3 Å². The van der Waals surface area contributed by atoms with E-state index in [1.165, 1.54) is 4.68 Å². The van der Waals surface area contributed by atoms with Crippen LogP contribution in [0.4, 0.5) is 0 Å². The van der Waals surface area contributed by atoms with Gasteiger partial charge >= 0.3 is 0 Å². The monoisotopic (exact) mass is 269 g/mol. The van der Waals surface area contributed by atoms with Gasteiger partial charge in [-0.25, -0.2) is 0 Å². The molecular weight excluding hydrogens is 250 g/mol. The van der Waals surface area contributed by atoms with Crippen molar-refractivity contribution in [3.05, 3.63) is 11.3 Å². The summed E-state index contributed by atoms with van der Waals surface area (Å²) in [4.78, 5) is 0. The van der Waals surface area contributed by atoms with Gasteiger partial charge in [0, 0.05) is 18.6 Å². The molecule has 1 aliphatic rings. The summed E-state index contributed by atoms with van der Waals surface area (Å²) in [6.45, 7) is 5.47. The van der Waals surface area contributed by atoms with Crippen molar-refractivity contribution in [2.45, 2.75) is 39.2 Å². The number of rotatable bonds is 5. The standard InChI is InChI=1S/C12H19N3O2S/c1-3-4-5-16-7-9-6-10-8(2)14-15(12(13)18)11(10)17-9/h9H,3-7H2,1-2H3,(H2,13,18)/t9-/m1/s1. The van der Waals surface area contributed by atoms with E-state index in [1.807, 2.05) is 6.92 Å². The Morgan fingerprint density at radius 1 is 1.67 bits per heavy atom. The quantitative estimate of drug-likeness (QED) is 0.647. The number of hydrogen-bond acceptors (Lipinski definition) is 4. The van der Waals surface area contributed by atoms with E-state index in [9.17, 15) is 0 Å². The van der Waals surface area contributed by atoms with Gasteiger partial charge in [0.15, 0.2) is 5.11 Å². The number of ether oxygens (including phenoxy) is 2. The minimum absolute atomic E-state index is 0.0501. The molecule has 0 saturated carbocycles. The van der Waals surface area contributed by atoms with Crippen LogP contribution in [-0.4, -0.2) is 34.2 Å². The lowest BCUT2D eigenvalue weighted by Gasteiger charge is -2.12. The van der Waals surface area contributed by atoms with Crippen molar-refractivity contribution in [3.8, 4) is 5.88 Å². The Hall–Kier alpha value is -1.14. The molecule has 0 unspecified atom stereocenters. The van der Waals surface area contributed by atoms with Gasteiger partial charge in [-0.2, -0.15) is 9.78 Å². The third kappa shape index (κ3) is 2.64. The first kappa shape index (κ1) is 13.3. The Bertz CT molecular complexity index is 445. The maximum Gasteiger partial charge on any atom is 0.222 e. The second-order valence-corrected chi connectivity index (χ2v) is 4.91. The van der Waals surface area contributed by atoms with Crippen molar-refractivity contribution >= 4 is 17.3 Å². The van der Waals surface area contributed by atoms with Gasteiger partial charge in [-0.05, 0) is 25.6 Å². The van der Waals surface area contributed by atoms with E-state index in [2.05, 4.69) is 12.0 Å². The molecule has 2 rings (SSSR count). The van der Waals surface area contributed by atoms with E-state index in [0.717, 1.165) is 37.1 Å². The summed E-state index contributed by atoms with van der Waals surface area (Å²) >= 11 is 4.94. The third-order valence-corrected chi connectivity index (χ3v) is 3.18. The number of hydrogen-bond donors (Lipinski definition) is 1. The molecule has 2 heterocycles. The molecule has 0 spiro atoms. The number of aryl methyl sites for hydroxylation is 1. The summed E-state index contributed by atoms with van der Waals surface area (Å²) in [5.41, 5.74) is 7.62. The van der Waals surface area contributed by atoms with Gasteiger partial charge in [0.25, 0.3) is 0 Å². The molecule has 5 nitrogen and oxygen atoms in total. The molecule has 1 aliphatic heterocycles. The van der Waals surface area contributed by atoms with Crippen LogP contribution >= 0.6 is 12.2 Å². The summed E-state index contributed by atoms with van der Waals surface area (Å²) < 4.78 is 12.9. The van der Waals surface area contributed by atoms with E-state index in [-0.39, 0.29) is 11.2 Å². The molecule has 1 atom stereocenters. The highest BCUT2D eigenvalue weighted by molar-refractivity contribution is 7.80. The molecule has 0 aliphatic carbocycles. The molecule has 0 saturated heterocycles. The van der Waals surface area contributed by atoms with Crippen LogP contribution in [-0.2, 0) is 11.2 Å². The lowest BCUT2D eigenvalue weighted by molar-refractivity contribution is 0.0562. The van der Waals surface area contributed by atoms with E-state index < -0.39 is 0 Å². The number of unbranched alkanes of at least 4 members (excludes halogenated alkanes) is 1. The first-order chi connectivity index (χ1) is 8.63. The molecular formula is C12H19N3O2S. The van der Waals surface area contributed by atoms with E-state index in [0.29, 0.717) is 12.5 Å². The Labute approximate surface area is 112 Å². The maximum absolute atomic E-state index is 5.81. The first-order valence-corrected chi connectivity index (χ1v) is 6.67. The Morgan fingerprint density at radius 2 is 2.44 bits per heavy atom. The molecule has 0 radical (unpaired) electrons. The van der Waals surface area contributed by atoms with Crippen molar-refractivity contribution in [1.82, 2.24) is 9.78 Å². The smallest absolute Gasteiger partial charge is 0.222 e. The van der Waals surface area contributed by atoms with E-state index >= 15 is 0 Å². The van der Waals surface area contributed by atoms with Crippen molar-refractivity contribution < 1.29 is 9.47 Å². The SMILES string of the molecule is CCCCOC[C@H]1Cc2c(C)nn(C(N)=S)c2O1. The predicted octanol–water partition coefficient (Wildman–Crippen LogP) is 1.40. The van der Waals surface area contributed by atoms with Gasteiger partial charge in [-0.15, -0.1) is 0 Å². The maximum atomic E-state index is 5.81. The van der Waals surface area contributed by atoms with Crippen molar-refractivity contribution in [2.24, 2.45) is 5.73 Å². The van der Waals surface area contributed by atoms with Crippen LogP contribution in [0.3, 0.4) is 0 Å². The topological polar surface area (TPSA) is 62.3 Å². The zero-order valence-electron chi connectivity index (χ0n) is 10.8. The molecule has 0 aromatic carbocycles. The fraction of sp³-hybridized carbons (Fsp3) is 0.667. The number of fused-ring (bicyclic) bond motifs is 1. The molecule has 0 bridgehead atoms. The average Bonchev–Trinajstić information content (AvgIpc) is 2.86. The van der Waals surface area contributed by atoms with Crippen LogP contribution in [0, 0.1) is 6.92 Å². The summed E-state index contributed by atoms with van der Waals surface area (Å²) in [5, 5.41) is 4.48. The van der Waals surface area contributed by atoms with Gasteiger partial charge in [-0.3, -0.25) is 0 Å². The molecule has 18 heavy (non-hydrogen) atoms. The number of thiocarbonyl (C=S) groups is 1. The first-order valence-electron chi connectivity index (χ1n) is 6.26. The molecule has 6 heteroatoms. The fourth-order valence-corrected chi connectivity index (χ4v) is 2.15. The summed E-state index contributed by atoms with van der Waals surface area (Å²) in [7, 11) is 0. The summed E-state index contributed by atoms with van der Waals surface area (Å²) in [6, 6.07) is 0. The molecule has 1 aromatic rings. The Kier molecular flexibility index (Phi) is 4.19. The highest BCUT2D eigenvalue weighted by atomic mass is 32.1. The van der Waals surface area contributed by atoms with Crippen LogP contribution in [0.1, 0.15) is 31.0 Å². The number of aromatic nitrogens is 2. The van der Waals surface area contributed by atoms with Crippen LogP contribution in [0.15, 0.2) is 0 Å². The van der Waals surface area contributed by atoms with Crippen LogP contribution in [0.2, 0.25) is 0 Å². The number of nitrogens with zero attached hydrogens (tertiary/aromatic N) is 2. The lowest BCUT2D eigenvalue weighted by atomic mass is 10.1. The minimum atomic E-state index is 0.0501. The van der Waals surface area contributed by atoms with Gasteiger partial charge < -0.3 is 15.2 Å². The summed E-state index contributed by atoms with van der Waals surface area (Å²) in [5.74, 6) is 0.684. The van der Waals surface area contributed by atoms with Crippen molar-refractivity contribution in [1.29, 1.82) is 0 Å². The highest BCUT2D eigenvalue weighted by Crippen LogP contribution is 2.31. The summed E-state index contributed by atoms with van der Waals surface area (Å²) in [6.07, 6.45) is 3.09. The van der Waals surface area contributed by atoms with E-state index in [4.69, 9.17) is 27.4 Å². The molecule has 1 aromatic heterocycles. The highest BCUT2D eigenvalue weighted by Gasteiger charge is 2.30. The molecule has 2 N–H and O–H groups in total. The van der Waals surface area contributed by atoms with Gasteiger partial charge in [0.1, 0.15) is 6.10 Å². The lowest BCUT2D eigenvalue weighted by Crippen LogP contribution is -2.25. The van der Waals surface area contributed by atoms with Crippen LogP contribution in [0.5, 0.6) is 5.88 Å². The zero-order valence-corrected chi connectivity index (χ0v) is 11.6. The average molecular weight is 269 g/mol. The van der Waals surface area contributed by atoms with Crippen molar-refractivity contribution in [3.63, 3.8) is 0 Å². The van der Waals surface area contributed by atoms with Crippen molar-refractivity contribution in [2.75, 3.05) is 13.2 Å². The normalized spacial score (nSPS) is 17.6. The Morgan fingerprint density at radius 3 is 3.11 bits per heavy atom. The second-order valence-electron chi connectivity index (χ2n) is 4.49. The largest absolute Gasteiger partial charge is 0.471 e.